The molecule has 1 N–H and O–H groups in total. The average molecular weight is 231 g/mol. The topological polar surface area (TPSA) is 60.1 Å². The van der Waals surface area contributed by atoms with Gasteiger partial charge in [0.2, 0.25) is 0 Å². The highest BCUT2D eigenvalue weighted by molar-refractivity contribution is 5.61. The molecule has 0 spiro atoms. The van der Waals surface area contributed by atoms with Gasteiger partial charge in [-0.1, -0.05) is 6.08 Å². The molecular formula is C13H17N3O. The number of aliphatic hydroxyl groups is 1. The molecule has 0 saturated carbocycles. The number of anilines is 1. The molecule has 4 heteroatoms. The van der Waals surface area contributed by atoms with Crippen molar-refractivity contribution in [3.8, 4) is 6.07 Å². The Morgan fingerprint density at radius 2 is 2.29 bits per heavy atom. The van der Waals surface area contributed by atoms with Crippen molar-refractivity contribution in [3.05, 3.63) is 35.7 Å². The highest BCUT2D eigenvalue weighted by atomic mass is 16.3. The summed E-state index contributed by atoms with van der Waals surface area (Å²) in [5.41, 5.74) is 2.95. The molecule has 0 radical (unpaired) electrons. The fourth-order valence-electron chi connectivity index (χ4n) is 1.78. The molecule has 1 heterocycles. The second-order valence-electron chi connectivity index (χ2n) is 3.81. The molecule has 1 aromatic rings. The molecule has 0 aliphatic carbocycles. The van der Waals surface area contributed by atoms with Gasteiger partial charge in [-0.3, -0.25) is 4.98 Å². The smallest absolute Gasteiger partial charge is 0.103 e. The summed E-state index contributed by atoms with van der Waals surface area (Å²) >= 11 is 0. The number of rotatable bonds is 5. The third-order valence-corrected chi connectivity index (χ3v) is 2.48. The normalized spacial score (nSPS) is 9.76. The van der Waals surface area contributed by atoms with Crippen LogP contribution >= 0.6 is 0 Å². The molecule has 1 aromatic heterocycles. The first-order valence-electron chi connectivity index (χ1n) is 5.49. The fourth-order valence-corrected chi connectivity index (χ4v) is 1.78. The SMILES string of the molecule is C=CCN(CCO)c1cc(C)nc(C)c1C#N. The lowest BCUT2D eigenvalue weighted by molar-refractivity contribution is 0.303. The van der Waals surface area contributed by atoms with Gasteiger partial charge in [-0.15, -0.1) is 6.58 Å². The van der Waals surface area contributed by atoms with Crippen LogP contribution < -0.4 is 4.90 Å². The van der Waals surface area contributed by atoms with E-state index in [1.54, 1.807) is 6.08 Å². The second kappa shape index (κ2) is 6.02. The molecule has 4 nitrogen and oxygen atoms in total. The predicted molar refractivity (Wildman–Crippen MR) is 67.9 cm³/mol. The van der Waals surface area contributed by atoms with Crippen molar-refractivity contribution in [1.82, 2.24) is 4.98 Å². The second-order valence-corrected chi connectivity index (χ2v) is 3.81. The minimum Gasteiger partial charge on any atom is -0.395 e. The third-order valence-electron chi connectivity index (χ3n) is 2.48. The Morgan fingerprint density at radius 3 is 2.82 bits per heavy atom. The number of hydrogen-bond acceptors (Lipinski definition) is 4. The largest absolute Gasteiger partial charge is 0.395 e. The van der Waals surface area contributed by atoms with E-state index in [0.717, 1.165) is 17.1 Å². The van der Waals surface area contributed by atoms with Gasteiger partial charge in [0.15, 0.2) is 0 Å². The van der Waals surface area contributed by atoms with Crippen LogP contribution in [0.1, 0.15) is 17.0 Å². The molecule has 0 unspecified atom stereocenters. The maximum absolute atomic E-state index is 9.17. The zero-order chi connectivity index (χ0) is 12.8. The summed E-state index contributed by atoms with van der Waals surface area (Å²) in [6, 6.07) is 4.03. The predicted octanol–water partition coefficient (Wildman–Crippen LogP) is 1.55. The molecule has 1 rings (SSSR count). The van der Waals surface area contributed by atoms with E-state index in [2.05, 4.69) is 17.6 Å². The fraction of sp³-hybridized carbons (Fsp3) is 0.385. The summed E-state index contributed by atoms with van der Waals surface area (Å²) in [4.78, 5) is 6.19. The van der Waals surface area contributed by atoms with E-state index in [1.807, 2.05) is 24.8 Å². The first-order chi connectivity index (χ1) is 8.13. The van der Waals surface area contributed by atoms with Crippen LogP contribution in [0.5, 0.6) is 0 Å². The van der Waals surface area contributed by atoms with Crippen molar-refractivity contribution in [2.24, 2.45) is 0 Å². The summed E-state index contributed by atoms with van der Waals surface area (Å²) in [6.07, 6.45) is 1.75. The van der Waals surface area contributed by atoms with Gasteiger partial charge < -0.3 is 10.0 Å². The Labute approximate surface area is 102 Å². The maximum atomic E-state index is 9.17. The zero-order valence-corrected chi connectivity index (χ0v) is 10.3. The minimum absolute atomic E-state index is 0.0408. The van der Waals surface area contributed by atoms with Crippen molar-refractivity contribution in [2.75, 3.05) is 24.6 Å². The molecule has 0 amide bonds. The number of nitrogens with zero attached hydrogens (tertiary/aromatic N) is 3. The number of aromatic nitrogens is 1. The van der Waals surface area contributed by atoms with Gasteiger partial charge in [-0.2, -0.15) is 5.26 Å². The van der Waals surface area contributed by atoms with E-state index in [9.17, 15) is 5.26 Å². The lowest BCUT2D eigenvalue weighted by Gasteiger charge is -2.24. The molecular weight excluding hydrogens is 214 g/mol. The van der Waals surface area contributed by atoms with Gasteiger partial charge in [-0.05, 0) is 19.9 Å². The lowest BCUT2D eigenvalue weighted by atomic mass is 10.1. The summed E-state index contributed by atoms with van der Waals surface area (Å²) in [5.74, 6) is 0. The monoisotopic (exact) mass is 231 g/mol. The first-order valence-corrected chi connectivity index (χ1v) is 5.49. The molecule has 0 aliphatic heterocycles. The van der Waals surface area contributed by atoms with Crippen molar-refractivity contribution in [1.29, 1.82) is 5.26 Å². The van der Waals surface area contributed by atoms with E-state index >= 15 is 0 Å². The minimum atomic E-state index is 0.0408. The van der Waals surface area contributed by atoms with Gasteiger partial charge in [0, 0.05) is 18.8 Å². The van der Waals surface area contributed by atoms with Crippen molar-refractivity contribution in [2.45, 2.75) is 13.8 Å². The van der Waals surface area contributed by atoms with Crippen molar-refractivity contribution >= 4 is 5.69 Å². The quantitative estimate of drug-likeness (QED) is 0.781. The van der Waals surface area contributed by atoms with Gasteiger partial charge in [0.1, 0.15) is 6.07 Å². The van der Waals surface area contributed by atoms with Gasteiger partial charge in [-0.25, -0.2) is 0 Å². The maximum Gasteiger partial charge on any atom is 0.103 e. The number of hydrogen-bond donors (Lipinski definition) is 1. The van der Waals surface area contributed by atoms with E-state index in [4.69, 9.17) is 5.11 Å². The Morgan fingerprint density at radius 1 is 1.59 bits per heavy atom. The van der Waals surface area contributed by atoms with Crippen LogP contribution in [0.3, 0.4) is 0 Å². The molecule has 0 atom stereocenters. The van der Waals surface area contributed by atoms with Crippen LogP contribution in [-0.4, -0.2) is 29.8 Å². The molecule has 0 saturated heterocycles. The van der Waals surface area contributed by atoms with E-state index in [-0.39, 0.29) is 6.61 Å². The molecule has 0 fully saturated rings. The van der Waals surface area contributed by atoms with Crippen LogP contribution in [0.4, 0.5) is 5.69 Å². The summed E-state index contributed by atoms with van der Waals surface area (Å²) < 4.78 is 0. The number of pyridine rings is 1. The number of nitriles is 1. The van der Waals surface area contributed by atoms with Gasteiger partial charge in [0.25, 0.3) is 0 Å². The highest BCUT2D eigenvalue weighted by Gasteiger charge is 2.13. The third kappa shape index (κ3) is 3.05. The van der Waals surface area contributed by atoms with Crippen molar-refractivity contribution < 1.29 is 5.11 Å². The molecule has 90 valence electrons. The summed E-state index contributed by atoms with van der Waals surface area (Å²) in [7, 11) is 0. The Balaban J connectivity index is 3.25. The van der Waals surface area contributed by atoms with Gasteiger partial charge in [0.05, 0.1) is 23.6 Å². The van der Waals surface area contributed by atoms with E-state index in [0.29, 0.717) is 18.7 Å². The Bertz CT molecular complexity index is 449. The molecule has 0 aromatic carbocycles. The Hall–Kier alpha value is -1.86. The Kier molecular flexibility index (Phi) is 4.68. The summed E-state index contributed by atoms with van der Waals surface area (Å²) in [6.45, 7) is 8.51. The molecule has 0 bridgehead atoms. The van der Waals surface area contributed by atoms with Crippen molar-refractivity contribution in [3.63, 3.8) is 0 Å². The lowest BCUT2D eigenvalue weighted by Crippen LogP contribution is -2.28. The van der Waals surface area contributed by atoms with Crippen LogP contribution in [0.2, 0.25) is 0 Å². The highest BCUT2D eigenvalue weighted by Crippen LogP contribution is 2.23. The summed E-state index contributed by atoms with van der Waals surface area (Å²) in [5, 5.41) is 18.2. The molecule has 17 heavy (non-hydrogen) atoms. The number of aliphatic hydroxyl groups excluding tert-OH is 1. The first kappa shape index (κ1) is 13.2. The molecule has 0 aliphatic rings. The standard InChI is InChI=1S/C13H17N3O/c1-4-5-16(6-7-17)13-8-10(2)15-11(3)12(13)9-14/h4,8,17H,1,5-7H2,2-3H3. The average Bonchev–Trinajstić information content (AvgIpc) is 2.28. The zero-order valence-electron chi connectivity index (χ0n) is 10.3. The van der Waals surface area contributed by atoms with E-state index in [1.165, 1.54) is 0 Å². The van der Waals surface area contributed by atoms with Crippen LogP contribution in [0, 0.1) is 25.2 Å². The number of aryl methyl sites for hydroxylation is 2. The van der Waals surface area contributed by atoms with Crippen LogP contribution in [0.15, 0.2) is 18.7 Å². The van der Waals surface area contributed by atoms with Crippen LogP contribution in [-0.2, 0) is 0 Å². The van der Waals surface area contributed by atoms with E-state index < -0.39 is 0 Å². The van der Waals surface area contributed by atoms with Gasteiger partial charge >= 0.3 is 0 Å². The van der Waals surface area contributed by atoms with Crippen LogP contribution in [0.25, 0.3) is 0 Å².